The predicted molar refractivity (Wildman–Crippen MR) is 116 cm³/mol. The van der Waals surface area contributed by atoms with Crippen molar-refractivity contribution in [1.29, 1.82) is 0 Å². The van der Waals surface area contributed by atoms with Crippen LogP contribution in [-0.2, 0) is 28.9 Å². The van der Waals surface area contributed by atoms with Gasteiger partial charge in [-0.3, -0.25) is 14.2 Å². The molecular formula is C20H27N3O3S2. The predicted octanol–water partition coefficient (Wildman–Crippen LogP) is 3.16. The van der Waals surface area contributed by atoms with Crippen LogP contribution >= 0.6 is 23.1 Å². The number of amides is 1. The molecule has 0 bridgehead atoms. The van der Waals surface area contributed by atoms with Crippen molar-refractivity contribution in [3.63, 3.8) is 0 Å². The van der Waals surface area contributed by atoms with Gasteiger partial charge in [-0.25, -0.2) is 4.98 Å². The van der Waals surface area contributed by atoms with Gasteiger partial charge in [-0.1, -0.05) is 24.3 Å². The van der Waals surface area contributed by atoms with Crippen LogP contribution in [0.3, 0.4) is 0 Å². The summed E-state index contributed by atoms with van der Waals surface area (Å²) >= 11 is 2.93. The Labute approximate surface area is 173 Å². The van der Waals surface area contributed by atoms with E-state index in [-0.39, 0.29) is 23.3 Å². The summed E-state index contributed by atoms with van der Waals surface area (Å²) in [5.41, 5.74) is 1.18. The van der Waals surface area contributed by atoms with E-state index in [1.807, 2.05) is 6.92 Å². The molecule has 1 unspecified atom stereocenters. The van der Waals surface area contributed by atoms with Crippen molar-refractivity contribution in [1.82, 2.24) is 14.9 Å². The molecular weight excluding hydrogens is 394 g/mol. The Kier molecular flexibility index (Phi) is 7.31. The summed E-state index contributed by atoms with van der Waals surface area (Å²) in [6, 6.07) is -0.0585. The molecule has 0 aromatic carbocycles. The van der Waals surface area contributed by atoms with Gasteiger partial charge in [0.1, 0.15) is 4.83 Å². The Morgan fingerprint density at radius 1 is 1.43 bits per heavy atom. The number of thiophene rings is 1. The molecule has 1 aliphatic rings. The Bertz CT molecular complexity index is 920. The van der Waals surface area contributed by atoms with E-state index >= 15 is 0 Å². The van der Waals surface area contributed by atoms with Crippen LogP contribution in [0.25, 0.3) is 10.2 Å². The lowest BCUT2D eigenvalue weighted by Gasteiger charge is -2.13. The van der Waals surface area contributed by atoms with Gasteiger partial charge in [0.2, 0.25) is 5.91 Å². The fourth-order valence-electron chi connectivity index (χ4n) is 3.54. The first-order valence-corrected chi connectivity index (χ1v) is 11.4. The first-order chi connectivity index (χ1) is 13.5. The Balaban J connectivity index is 1.89. The van der Waals surface area contributed by atoms with Crippen LogP contribution in [0.2, 0.25) is 0 Å². The Hall–Kier alpha value is -1.64. The largest absolute Gasteiger partial charge is 0.383 e. The van der Waals surface area contributed by atoms with Crippen LogP contribution in [0.4, 0.5) is 0 Å². The standard InChI is InChI=1S/C20H27N3O3S2/c1-4-10-23-19(25)17-14-8-6-5-7-9-15(14)28-18(17)22-20(23)27-12-16(24)21-13(2)11-26-3/h4,13H,1,5-12H2,2-3H3,(H,21,24). The average molecular weight is 422 g/mol. The van der Waals surface area contributed by atoms with Crippen molar-refractivity contribution in [2.24, 2.45) is 0 Å². The number of methoxy groups -OCH3 is 1. The van der Waals surface area contributed by atoms with Gasteiger partial charge < -0.3 is 10.1 Å². The molecule has 0 spiro atoms. The van der Waals surface area contributed by atoms with Gasteiger partial charge in [0.25, 0.3) is 5.56 Å². The number of nitrogens with one attached hydrogen (secondary N) is 1. The van der Waals surface area contributed by atoms with Gasteiger partial charge in [0.05, 0.1) is 17.7 Å². The molecule has 0 fully saturated rings. The maximum Gasteiger partial charge on any atom is 0.263 e. The van der Waals surface area contributed by atoms with Crippen molar-refractivity contribution in [3.05, 3.63) is 33.4 Å². The van der Waals surface area contributed by atoms with Crippen molar-refractivity contribution in [2.75, 3.05) is 19.5 Å². The number of carbonyl (C=O) groups is 1. The van der Waals surface area contributed by atoms with Crippen LogP contribution in [0.15, 0.2) is 22.6 Å². The lowest BCUT2D eigenvalue weighted by Crippen LogP contribution is -2.36. The highest BCUT2D eigenvalue weighted by molar-refractivity contribution is 7.99. The van der Waals surface area contributed by atoms with E-state index in [1.54, 1.807) is 29.1 Å². The van der Waals surface area contributed by atoms with Crippen molar-refractivity contribution in [3.8, 4) is 0 Å². The molecule has 3 rings (SSSR count). The summed E-state index contributed by atoms with van der Waals surface area (Å²) < 4.78 is 6.68. The maximum atomic E-state index is 13.2. The number of allylic oxidation sites excluding steroid dienone is 1. The Morgan fingerprint density at radius 3 is 2.96 bits per heavy atom. The third-order valence-corrected chi connectivity index (χ3v) is 6.92. The van der Waals surface area contributed by atoms with E-state index in [9.17, 15) is 9.59 Å². The van der Waals surface area contributed by atoms with Gasteiger partial charge in [-0.15, -0.1) is 17.9 Å². The lowest BCUT2D eigenvalue weighted by atomic mass is 10.1. The third kappa shape index (κ3) is 4.67. The minimum absolute atomic E-state index is 0.0139. The molecule has 0 radical (unpaired) electrons. The number of ether oxygens (including phenoxy) is 1. The van der Waals surface area contributed by atoms with Crippen molar-refractivity contribution in [2.45, 2.75) is 56.8 Å². The average Bonchev–Trinajstić information content (AvgIpc) is 2.84. The van der Waals surface area contributed by atoms with Gasteiger partial charge in [0, 0.05) is 24.6 Å². The number of aryl methyl sites for hydroxylation is 2. The molecule has 8 heteroatoms. The second kappa shape index (κ2) is 9.71. The van der Waals surface area contributed by atoms with E-state index in [1.165, 1.54) is 35.0 Å². The zero-order chi connectivity index (χ0) is 20.1. The molecule has 152 valence electrons. The van der Waals surface area contributed by atoms with Crippen LogP contribution in [0, 0.1) is 0 Å². The smallest absolute Gasteiger partial charge is 0.263 e. The molecule has 1 aliphatic carbocycles. The summed E-state index contributed by atoms with van der Waals surface area (Å²) in [6.07, 6.45) is 7.18. The van der Waals surface area contributed by atoms with E-state index in [0.29, 0.717) is 18.3 Å². The highest BCUT2D eigenvalue weighted by atomic mass is 32.2. The molecule has 1 atom stereocenters. The van der Waals surface area contributed by atoms with Gasteiger partial charge in [0.15, 0.2) is 5.16 Å². The summed E-state index contributed by atoms with van der Waals surface area (Å²) in [5.74, 6) is 0.102. The normalized spacial score (nSPS) is 15.1. The fourth-order valence-corrected chi connectivity index (χ4v) is 5.66. The minimum atomic E-state index is -0.101. The molecule has 1 amide bonds. The molecule has 2 aromatic rings. The number of thioether (sulfide) groups is 1. The highest BCUT2D eigenvalue weighted by Crippen LogP contribution is 2.34. The second-order valence-electron chi connectivity index (χ2n) is 7.06. The molecule has 0 saturated heterocycles. The van der Waals surface area contributed by atoms with Crippen LogP contribution in [0.1, 0.15) is 36.6 Å². The summed E-state index contributed by atoms with van der Waals surface area (Å²) in [4.78, 5) is 32.3. The number of nitrogens with zero attached hydrogens (tertiary/aromatic N) is 2. The van der Waals surface area contributed by atoms with Gasteiger partial charge >= 0.3 is 0 Å². The molecule has 2 aromatic heterocycles. The van der Waals surface area contributed by atoms with Crippen molar-refractivity contribution < 1.29 is 9.53 Å². The number of rotatable bonds is 8. The van der Waals surface area contributed by atoms with Gasteiger partial charge in [-0.05, 0) is 38.2 Å². The zero-order valence-electron chi connectivity index (χ0n) is 16.5. The van der Waals surface area contributed by atoms with E-state index in [2.05, 4.69) is 11.9 Å². The lowest BCUT2D eigenvalue weighted by molar-refractivity contribution is -0.119. The number of hydrogen-bond acceptors (Lipinski definition) is 6. The van der Waals surface area contributed by atoms with Gasteiger partial charge in [-0.2, -0.15) is 0 Å². The highest BCUT2D eigenvalue weighted by Gasteiger charge is 2.21. The molecule has 6 nitrogen and oxygen atoms in total. The monoisotopic (exact) mass is 421 g/mol. The van der Waals surface area contributed by atoms with Crippen LogP contribution in [-0.4, -0.2) is 41.0 Å². The second-order valence-corrected chi connectivity index (χ2v) is 9.08. The number of fused-ring (bicyclic) bond motifs is 3. The molecule has 0 aliphatic heterocycles. The number of aromatic nitrogens is 2. The van der Waals surface area contributed by atoms with E-state index in [0.717, 1.165) is 29.5 Å². The zero-order valence-corrected chi connectivity index (χ0v) is 18.1. The summed E-state index contributed by atoms with van der Waals surface area (Å²) in [6.45, 7) is 6.51. The fraction of sp³-hybridized carbons (Fsp3) is 0.550. The van der Waals surface area contributed by atoms with E-state index in [4.69, 9.17) is 9.72 Å². The first kappa shape index (κ1) is 21.1. The maximum absolute atomic E-state index is 13.2. The Morgan fingerprint density at radius 2 is 2.21 bits per heavy atom. The summed E-state index contributed by atoms with van der Waals surface area (Å²) in [7, 11) is 1.60. The van der Waals surface area contributed by atoms with E-state index < -0.39 is 0 Å². The topological polar surface area (TPSA) is 73.2 Å². The molecule has 2 heterocycles. The first-order valence-electron chi connectivity index (χ1n) is 9.62. The third-order valence-electron chi connectivity index (χ3n) is 4.76. The molecule has 0 saturated carbocycles. The summed E-state index contributed by atoms with van der Waals surface area (Å²) in [5, 5.41) is 4.23. The van der Waals surface area contributed by atoms with Crippen molar-refractivity contribution >= 4 is 39.2 Å². The van der Waals surface area contributed by atoms with Crippen LogP contribution in [0.5, 0.6) is 0 Å². The number of carbonyl (C=O) groups excluding carboxylic acids is 1. The SMILES string of the molecule is C=CCn1c(SCC(=O)NC(C)COC)nc2sc3c(c2c1=O)CCCCC3. The molecule has 1 N–H and O–H groups in total. The quantitative estimate of drug-likeness (QED) is 0.307. The van der Waals surface area contributed by atoms with Crippen LogP contribution < -0.4 is 10.9 Å². The molecule has 28 heavy (non-hydrogen) atoms. The minimum Gasteiger partial charge on any atom is -0.383 e. The number of hydrogen-bond donors (Lipinski definition) is 1.